The molecule has 0 atom stereocenters. The standard InChI is InChI=1S/C10H17N.C7H8.C6H6/c1-2-6-10-7-3-5-9-11(10)8-4-1;1-7-5-3-2-4-6-7;1-2-4-6-5-3-1/h7H,1-6,8-9H2;2-6H,1H3;1-6H. The molecule has 0 aliphatic carbocycles. The summed E-state index contributed by atoms with van der Waals surface area (Å²) in [5.41, 5.74) is 2.97. The molecule has 24 heavy (non-hydrogen) atoms. The van der Waals surface area contributed by atoms with Crippen LogP contribution in [0.15, 0.2) is 78.5 Å². The van der Waals surface area contributed by atoms with Gasteiger partial charge >= 0.3 is 0 Å². The van der Waals surface area contributed by atoms with Gasteiger partial charge in [-0.25, -0.2) is 0 Å². The Morgan fingerprint density at radius 3 is 1.83 bits per heavy atom. The third-order valence-corrected chi connectivity index (χ3v) is 4.39. The van der Waals surface area contributed by atoms with Gasteiger partial charge < -0.3 is 4.90 Å². The molecule has 0 spiro atoms. The first-order valence-corrected chi connectivity index (χ1v) is 9.32. The highest BCUT2D eigenvalue weighted by atomic mass is 15.1. The molecule has 0 aromatic heterocycles. The van der Waals surface area contributed by atoms with Crippen molar-refractivity contribution in [2.24, 2.45) is 0 Å². The number of fused-ring (bicyclic) bond motifs is 1. The van der Waals surface area contributed by atoms with Gasteiger partial charge in [-0.1, -0.05) is 84.8 Å². The molecule has 2 aliphatic rings. The maximum atomic E-state index is 2.59. The van der Waals surface area contributed by atoms with Crippen molar-refractivity contribution in [3.63, 3.8) is 0 Å². The smallest absolute Gasteiger partial charge is 0.0177 e. The molecule has 0 N–H and O–H groups in total. The highest BCUT2D eigenvalue weighted by Gasteiger charge is 2.14. The summed E-state index contributed by atoms with van der Waals surface area (Å²) in [6, 6.07) is 22.3. The summed E-state index contributed by atoms with van der Waals surface area (Å²) in [7, 11) is 0. The van der Waals surface area contributed by atoms with Gasteiger partial charge in [-0.3, -0.25) is 0 Å². The van der Waals surface area contributed by atoms with Crippen molar-refractivity contribution in [2.75, 3.05) is 13.1 Å². The van der Waals surface area contributed by atoms with Gasteiger partial charge in [0.25, 0.3) is 0 Å². The van der Waals surface area contributed by atoms with Crippen molar-refractivity contribution in [2.45, 2.75) is 45.4 Å². The Bertz CT molecular complexity index is 532. The molecule has 1 heteroatoms. The fourth-order valence-electron chi connectivity index (χ4n) is 3.04. The van der Waals surface area contributed by atoms with Gasteiger partial charge in [-0.2, -0.15) is 0 Å². The fourth-order valence-corrected chi connectivity index (χ4v) is 3.04. The van der Waals surface area contributed by atoms with Gasteiger partial charge in [0.2, 0.25) is 0 Å². The molecule has 2 aromatic rings. The van der Waals surface area contributed by atoms with Gasteiger partial charge in [-0.15, -0.1) is 0 Å². The van der Waals surface area contributed by atoms with E-state index >= 15 is 0 Å². The number of nitrogens with zero attached hydrogens (tertiary/aromatic N) is 1. The van der Waals surface area contributed by atoms with Crippen molar-refractivity contribution in [1.82, 2.24) is 4.90 Å². The topological polar surface area (TPSA) is 3.24 Å². The quantitative estimate of drug-likeness (QED) is 0.556. The number of hydrogen-bond acceptors (Lipinski definition) is 1. The monoisotopic (exact) mass is 321 g/mol. The minimum atomic E-state index is 1.32. The lowest BCUT2D eigenvalue weighted by atomic mass is 10.1. The molecule has 0 radical (unpaired) electrons. The van der Waals surface area contributed by atoms with Crippen LogP contribution in [-0.2, 0) is 0 Å². The Labute approximate surface area is 148 Å². The third kappa shape index (κ3) is 7.50. The Kier molecular flexibility index (Phi) is 8.78. The average Bonchev–Trinajstić information content (AvgIpc) is 2.90. The largest absolute Gasteiger partial charge is 0.375 e. The number of aryl methyl sites for hydroxylation is 1. The van der Waals surface area contributed by atoms with E-state index in [2.05, 4.69) is 30.0 Å². The van der Waals surface area contributed by atoms with E-state index in [0.717, 1.165) is 0 Å². The highest BCUT2D eigenvalue weighted by molar-refractivity contribution is 5.11. The zero-order valence-electron chi connectivity index (χ0n) is 15.0. The molecule has 2 aliphatic heterocycles. The summed E-state index contributed by atoms with van der Waals surface area (Å²) in [5.74, 6) is 0. The first-order valence-electron chi connectivity index (χ1n) is 9.32. The molecule has 1 nitrogen and oxygen atoms in total. The van der Waals surface area contributed by atoms with Crippen LogP contribution in [0.3, 0.4) is 0 Å². The lowest BCUT2D eigenvalue weighted by molar-refractivity contribution is 0.323. The van der Waals surface area contributed by atoms with Gasteiger partial charge in [0.15, 0.2) is 0 Å². The van der Waals surface area contributed by atoms with Gasteiger partial charge in [-0.05, 0) is 39.0 Å². The van der Waals surface area contributed by atoms with Crippen molar-refractivity contribution in [3.05, 3.63) is 84.1 Å². The van der Waals surface area contributed by atoms with Crippen molar-refractivity contribution < 1.29 is 0 Å². The van der Waals surface area contributed by atoms with Gasteiger partial charge in [0, 0.05) is 18.8 Å². The van der Waals surface area contributed by atoms with E-state index in [1.165, 1.54) is 57.2 Å². The normalized spacial score (nSPS) is 16.2. The molecule has 0 amide bonds. The predicted molar refractivity (Wildman–Crippen MR) is 105 cm³/mol. The van der Waals surface area contributed by atoms with Crippen LogP contribution in [0.25, 0.3) is 0 Å². The van der Waals surface area contributed by atoms with E-state index in [0.29, 0.717) is 0 Å². The number of rotatable bonds is 0. The summed E-state index contributed by atoms with van der Waals surface area (Å²) in [4.78, 5) is 2.59. The number of hydrogen-bond donors (Lipinski definition) is 0. The van der Waals surface area contributed by atoms with Crippen LogP contribution in [0.1, 0.15) is 44.1 Å². The molecule has 2 aromatic carbocycles. The Morgan fingerprint density at radius 2 is 1.25 bits per heavy atom. The fraction of sp³-hybridized carbons (Fsp3) is 0.391. The second-order valence-corrected chi connectivity index (χ2v) is 6.44. The molecule has 1 saturated heterocycles. The highest BCUT2D eigenvalue weighted by Crippen LogP contribution is 2.23. The third-order valence-electron chi connectivity index (χ3n) is 4.39. The Balaban J connectivity index is 0.000000139. The van der Waals surface area contributed by atoms with Crippen LogP contribution in [0, 0.1) is 6.92 Å². The van der Waals surface area contributed by atoms with Crippen LogP contribution in [-0.4, -0.2) is 18.0 Å². The average molecular weight is 322 g/mol. The van der Waals surface area contributed by atoms with E-state index < -0.39 is 0 Å². The minimum absolute atomic E-state index is 1.32. The van der Waals surface area contributed by atoms with Crippen LogP contribution < -0.4 is 0 Å². The number of allylic oxidation sites excluding steroid dienone is 2. The molecule has 0 unspecified atom stereocenters. The maximum Gasteiger partial charge on any atom is 0.0177 e. The summed E-state index contributed by atoms with van der Waals surface area (Å²) in [6.07, 6.45) is 10.8. The van der Waals surface area contributed by atoms with Crippen molar-refractivity contribution in [3.8, 4) is 0 Å². The van der Waals surface area contributed by atoms with Crippen LogP contribution in [0.5, 0.6) is 0 Å². The number of benzene rings is 2. The summed E-state index contributed by atoms with van der Waals surface area (Å²) >= 11 is 0. The zero-order valence-corrected chi connectivity index (χ0v) is 15.0. The molecule has 2 heterocycles. The van der Waals surface area contributed by atoms with E-state index in [1.807, 2.05) is 54.6 Å². The summed E-state index contributed by atoms with van der Waals surface area (Å²) in [5, 5.41) is 0. The minimum Gasteiger partial charge on any atom is -0.375 e. The molecule has 0 bridgehead atoms. The second-order valence-electron chi connectivity index (χ2n) is 6.44. The molecule has 128 valence electrons. The molecule has 0 saturated carbocycles. The van der Waals surface area contributed by atoms with E-state index in [-0.39, 0.29) is 0 Å². The molecule has 1 fully saturated rings. The van der Waals surface area contributed by atoms with Crippen molar-refractivity contribution >= 4 is 0 Å². The van der Waals surface area contributed by atoms with Crippen LogP contribution >= 0.6 is 0 Å². The first-order chi connectivity index (χ1) is 11.9. The van der Waals surface area contributed by atoms with Crippen LogP contribution in [0.2, 0.25) is 0 Å². The predicted octanol–water partition coefficient (Wildman–Crippen LogP) is 6.22. The van der Waals surface area contributed by atoms with E-state index in [1.54, 1.807) is 5.70 Å². The maximum absolute atomic E-state index is 2.59. The van der Waals surface area contributed by atoms with E-state index in [4.69, 9.17) is 0 Å². The zero-order chi connectivity index (χ0) is 16.9. The summed E-state index contributed by atoms with van der Waals surface area (Å²) < 4.78 is 0. The van der Waals surface area contributed by atoms with Gasteiger partial charge in [0.05, 0.1) is 0 Å². The lowest BCUT2D eigenvalue weighted by Crippen LogP contribution is -2.26. The van der Waals surface area contributed by atoms with Crippen LogP contribution in [0.4, 0.5) is 0 Å². The van der Waals surface area contributed by atoms with Crippen molar-refractivity contribution in [1.29, 1.82) is 0 Å². The molecular weight excluding hydrogens is 290 g/mol. The Morgan fingerprint density at radius 1 is 0.667 bits per heavy atom. The second kappa shape index (κ2) is 11.5. The summed E-state index contributed by atoms with van der Waals surface area (Å²) in [6.45, 7) is 4.73. The first kappa shape index (κ1) is 18.3. The SMILES string of the molecule is C1=C2CCCCCN2CCC1.Cc1ccccc1.c1ccccc1. The molecular formula is C23H31N. The lowest BCUT2D eigenvalue weighted by Gasteiger charge is -2.28. The van der Waals surface area contributed by atoms with E-state index in [9.17, 15) is 0 Å². The molecule has 4 rings (SSSR count). The van der Waals surface area contributed by atoms with Gasteiger partial charge in [0.1, 0.15) is 0 Å². The Hall–Kier alpha value is -2.02.